The monoisotopic (exact) mass is 341 g/mol. The minimum atomic E-state index is -0.324. The number of nitrogens with zero attached hydrogens (tertiary/aromatic N) is 3. The number of methoxy groups -OCH3 is 1. The molecule has 1 aliphatic carbocycles. The molecule has 7 heteroatoms. The molecule has 25 heavy (non-hydrogen) atoms. The van der Waals surface area contributed by atoms with Gasteiger partial charge in [-0.05, 0) is 43.7 Å². The predicted octanol–water partition coefficient (Wildman–Crippen LogP) is 2.57. The van der Waals surface area contributed by atoms with Crippen LogP contribution < -0.4 is 10.6 Å². The van der Waals surface area contributed by atoms with Gasteiger partial charge in [-0.1, -0.05) is 18.7 Å². The molecule has 0 atom stereocenters. The first-order valence-corrected chi connectivity index (χ1v) is 8.11. The zero-order chi connectivity index (χ0) is 18.1. The number of carbonyl (C=O) groups excluding carboxylic acids is 1. The summed E-state index contributed by atoms with van der Waals surface area (Å²) in [5.74, 6) is 0.898. The van der Waals surface area contributed by atoms with Gasteiger partial charge in [0.05, 0.1) is 11.0 Å². The maximum atomic E-state index is 11.7. The number of nitrogens with one attached hydrogen (secondary N) is 2. The molecule has 1 aromatic carbocycles. The van der Waals surface area contributed by atoms with Crippen molar-refractivity contribution >= 4 is 11.7 Å². The maximum absolute atomic E-state index is 11.7. The highest BCUT2D eigenvalue weighted by molar-refractivity contribution is 5.89. The molecule has 1 fully saturated rings. The molecule has 0 bridgehead atoms. The van der Waals surface area contributed by atoms with E-state index in [0.29, 0.717) is 5.69 Å². The molecule has 2 aromatic rings. The Labute approximate surface area is 147 Å². The van der Waals surface area contributed by atoms with Crippen molar-refractivity contribution in [2.45, 2.75) is 30.8 Å². The number of amides is 2. The van der Waals surface area contributed by atoms with Crippen LogP contribution in [-0.4, -0.2) is 33.5 Å². The van der Waals surface area contributed by atoms with Gasteiger partial charge in [-0.25, -0.2) is 4.79 Å². The zero-order valence-electron chi connectivity index (χ0n) is 14.7. The molecule has 1 heterocycles. The first kappa shape index (κ1) is 17.2. The van der Waals surface area contributed by atoms with Gasteiger partial charge >= 0.3 is 6.03 Å². The third-order valence-corrected chi connectivity index (χ3v) is 4.89. The Hall–Kier alpha value is -2.67. The van der Waals surface area contributed by atoms with Gasteiger partial charge in [0.1, 0.15) is 12.2 Å². The second-order valence-electron chi connectivity index (χ2n) is 6.74. The number of aryl methyl sites for hydroxylation is 1. The molecule has 0 aliphatic heterocycles. The Morgan fingerprint density at radius 3 is 2.80 bits per heavy atom. The molecule has 132 valence electrons. The van der Waals surface area contributed by atoms with Gasteiger partial charge in [0, 0.05) is 19.8 Å². The van der Waals surface area contributed by atoms with E-state index in [2.05, 4.69) is 40.4 Å². The van der Waals surface area contributed by atoms with Gasteiger partial charge in [-0.3, -0.25) is 0 Å². The van der Waals surface area contributed by atoms with E-state index in [1.54, 1.807) is 13.4 Å². The highest BCUT2D eigenvalue weighted by Crippen LogP contribution is 2.55. The van der Waals surface area contributed by atoms with Crippen molar-refractivity contribution in [1.29, 1.82) is 0 Å². The maximum Gasteiger partial charge on any atom is 0.323 e. The summed E-state index contributed by atoms with van der Waals surface area (Å²) in [6.07, 6.45) is 4.64. The fraction of sp³-hybridized carbons (Fsp3) is 0.389. The lowest BCUT2D eigenvalue weighted by atomic mass is 9.56. The van der Waals surface area contributed by atoms with Crippen molar-refractivity contribution in [3.8, 4) is 0 Å². The molecule has 1 aliphatic rings. The number of aromatic nitrogens is 3. The minimum Gasteiger partial charge on any atom is -0.378 e. The van der Waals surface area contributed by atoms with Crippen molar-refractivity contribution in [1.82, 2.24) is 20.1 Å². The second kappa shape index (κ2) is 6.33. The quantitative estimate of drug-likeness (QED) is 0.876. The summed E-state index contributed by atoms with van der Waals surface area (Å²) in [4.78, 5) is 11.7. The van der Waals surface area contributed by atoms with E-state index in [0.717, 1.165) is 24.2 Å². The topological polar surface area (TPSA) is 81.1 Å². The SMILES string of the molecule is C=CNC(=O)Nc1cccc([C@]2(c3nncn3C)C[C@](C)(OC)C2)c1. The van der Waals surface area contributed by atoms with E-state index in [9.17, 15) is 4.79 Å². The average molecular weight is 341 g/mol. The number of hydrogen-bond donors (Lipinski definition) is 2. The van der Waals surface area contributed by atoms with E-state index >= 15 is 0 Å². The van der Waals surface area contributed by atoms with Crippen LogP contribution in [-0.2, 0) is 17.2 Å². The fourth-order valence-electron chi connectivity index (χ4n) is 3.73. The van der Waals surface area contributed by atoms with E-state index in [1.165, 1.54) is 6.20 Å². The lowest BCUT2D eigenvalue weighted by molar-refractivity contribution is -0.0965. The van der Waals surface area contributed by atoms with Crippen LogP contribution in [0, 0.1) is 0 Å². The number of rotatable bonds is 5. The Kier molecular flexibility index (Phi) is 4.34. The number of anilines is 1. The number of hydrogen-bond acceptors (Lipinski definition) is 4. The van der Waals surface area contributed by atoms with Crippen LogP contribution in [0.4, 0.5) is 10.5 Å². The van der Waals surface area contributed by atoms with Gasteiger partial charge in [-0.15, -0.1) is 10.2 Å². The van der Waals surface area contributed by atoms with Gasteiger partial charge in [0.15, 0.2) is 0 Å². The summed E-state index contributed by atoms with van der Waals surface area (Å²) in [6, 6.07) is 7.49. The first-order chi connectivity index (χ1) is 11.9. The summed E-state index contributed by atoms with van der Waals surface area (Å²) in [7, 11) is 3.68. The fourth-order valence-corrected chi connectivity index (χ4v) is 3.73. The average Bonchev–Trinajstić information content (AvgIpc) is 2.98. The van der Waals surface area contributed by atoms with Crippen molar-refractivity contribution < 1.29 is 9.53 Å². The number of urea groups is 1. The van der Waals surface area contributed by atoms with Gasteiger partial charge in [-0.2, -0.15) is 0 Å². The zero-order valence-corrected chi connectivity index (χ0v) is 14.7. The molecular weight excluding hydrogens is 318 g/mol. The lowest BCUT2D eigenvalue weighted by Gasteiger charge is -2.53. The van der Waals surface area contributed by atoms with Gasteiger partial charge in [0.2, 0.25) is 0 Å². The summed E-state index contributed by atoms with van der Waals surface area (Å²) < 4.78 is 7.61. The third-order valence-electron chi connectivity index (χ3n) is 4.89. The van der Waals surface area contributed by atoms with Gasteiger partial charge in [0.25, 0.3) is 0 Å². The molecule has 0 spiro atoms. The highest BCUT2D eigenvalue weighted by atomic mass is 16.5. The largest absolute Gasteiger partial charge is 0.378 e. The lowest BCUT2D eigenvalue weighted by Crippen LogP contribution is -2.55. The highest BCUT2D eigenvalue weighted by Gasteiger charge is 2.56. The van der Waals surface area contributed by atoms with E-state index in [1.807, 2.05) is 29.8 Å². The number of benzene rings is 1. The van der Waals surface area contributed by atoms with Gasteiger partial charge < -0.3 is 19.9 Å². The van der Waals surface area contributed by atoms with Crippen LogP contribution in [0.1, 0.15) is 31.2 Å². The molecule has 2 N–H and O–H groups in total. The van der Waals surface area contributed by atoms with E-state index in [-0.39, 0.29) is 17.0 Å². The van der Waals surface area contributed by atoms with Crippen LogP contribution in [0.15, 0.2) is 43.4 Å². The normalized spacial score (nSPS) is 25.1. The molecule has 0 unspecified atom stereocenters. The van der Waals surface area contributed by atoms with E-state index in [4.69, 9.17) is 4.74 Å². The van der Waals surface area contributed by atoms with Crippen molar-refractivity contribution in [2.24, 2.45) is 7.05 Å². The van der Waals surface area contributed by atoms with Crippen LogP contribution in [0.2, 0.25) is 0 Å². The Morgan fingerprint density at radius 1 is 1.44 bits per heavy atom. The summed E-state index contributed by atoms with van der Waals surface area (Å²) >= 11 is 0. The molecule has 3 rings (SSSR count). The molecular formula is C18H23N5O2. The molecule has 0 radical (unpaired) electrons. The van der Waals surface area contributed by atoms with Crippen LogP contribution >= 0.6 is 0 Å². The molecule has 1 aromatic heterocycles. The Balaban J connectivity index is 1.97. The molecule has 1 saturated carbocycles. The number of carbonyl (C=O) groups is 1. The summed E-state index contributed by atoms with van der Waals surface area (Å²) in [5, 5.41) is 13.7. The second-order valence-corrected chi connectivity index (χ2v) is 6.74. The Morgan fingerprint density at radius 2 is 2.20 bits per heavy atom. The van der Waals surface area contributed by atoms with Crippen LogP contribution in [0.25, 0.3) is 0 Å². The van der Waals surface area contributed by atoms with Crippen molar-refractivity contribution in [3.05, 3.63) is 54.8 Å². The number of ether oxygens (including phenoxy) is 1. The standard InChI is InChI=1S/C18H23N5O2/c1-5-19-16(24)21-14-8-6-7-13(9-14)18(10-17(2,11-18)25-4)15-22-20-12-23(15)3/h5-9,12H,1,10-11H2,2-4H3,(H2,19,21,24)/t17-,18-. The van der Waals surface area contributed by atoms with Crippen LogP contribution in [0.5, 0.6) is 0 Å². The van der Waals surface area contributed by atoms with Crippen molar-refractivity contribution in [2.75, 3.05) is 12.4 Å². The molecule has 7 nitrogen and oxygen atoms in total. The third kappa shape index (κ3) is 3.02. The molecule has 0 saturated heterocycles. The van der Waals surface area contributed by atoms with Crippen molar-refractivity contribution in [3.63, 3.8) is 0 Å². The minimum absolute atomic E-state index is 0.199. The molecule has 2 amide bonds. The predicted molar refractivity (Wildman–Crippen MR) is 95.2 cm³/mol. The smallest absolute Gasteiger partial charge is 0.323 e. The van der Waals surface area contributed by atoms with E-state index < -0.39 is 0 Å². The first-order valence-electron chi connectivity index (χ1n) is 8.11. The Bertz CT molecular complexity index is 792. The van der Waals surface area contributed by atoms with Crippen LogP contribution in [0.3, 0.4) is 0 Å². The summed E-state index contributed by atoms with van der Waals surface area (Å²) in [5.41, 5.74) is 1.30. The summed E-state index contributed by atoms with van der Waals surface area (Å²) in [6.45, 7) is 5.58.